The van der Waals surface area contributed by atoms with Crippen molar-refractivity contribution in [3.8, 4) is 11.5 Å². The van der Waals surface area contributed by atoms with Gasteiger partial charge in [-0.1, -0.05) is 58.2 Å². The van der Waals surface area contributed by atoms with Crippen LogP contribution in [-0.2, 0) is 0 Å². The fraction of sp³-hybridized carbons (Fsp3) is 0.407. The first kappa shape index (κ1) is 25.0. The summed E-state index contributed by atoms with van der Waals surface area (Å²) < 4.78 is 11.7. The lowest BCUT2D eigenvalue weighted by Crippen LogP contribution is -2.31. The fourth-order valence-corrected chi connectivity index (χ4v) is 8.26. The Morgan fingerprint density at radius 3 is 1.78 bits per heavy atom. The van der Waals surface area contributed by atoms with Gasteiger partial charge >= 0.3 is 0 Å². The van der Waals surface area contributed by atoms with Gasteiger partial charge in [0.1, 0.15) is 11.5 Å². The third-order valence-corrected chi connectivity index (χ3v) is 10.4. The topological polar surface area (TPSA) is 21.7 Å². The van der Waals surface area contributed by atoms with Crippen molar-refractivity contribution in [1.82, 2.24) is 4.90 Å². The van der Waals surface area contributed by atoms with Crippen LogP contribution in [0.15, 0.2) is 59.4 Å². The van der Waals surface area contributed by atoms with Gasteiger partial charge in [-0.3, -0.25) is 0 Å². The molecule has 2 aromatic rings. The van der Waals surface area contributed by atoms with E-state index in [0.29, 0.717) is 11.7 Å². The Kier molecular flexibility index (Phi) is 8.56. The molecule has 0 aromatic heterocycles. The monoisotopic (exact) mass is 469 g/mol. The molecule has 0 radical (unpaired) electrons. The average Bonchev–Trinajstić information content (AvgIpc) is 3.11. The van der Waals surface area contributed by atoms with Crippen LogP contribution in [-0.4, -0.2) is 57.2 Å². The van der Waals surface area contributed by atoms with Gasteiger partial charge in [-0.2, -0.15) is 0 Å². The number of ether oxygens (including phenoxy) is 2. The zero-order valence-electron chi connectivity index (χ0n) is 20.5. The van der Waals surface area contributed by atoms with Crippen molar-refractivity contribution in [1.29, 1.82) is 0 Å². The number of nitrogens with zero attached hydrogens (tertiary/aromatic N) is 1. The van der Waals surface area contributed by atoms with E-state index >= 15 is 0 Å². The van der Waals surface area contributed by atoms with Gasteiger partial charge in [-0.25, -0.2) is 0 Å². The Morgan fingerprint density at radius 1 is 0.875 bits per heavy atom. The Morgan fingerprint density at radius 2 is 1.34 bits per heavy atom. The van der Waals surface area contributed by atoms with Gasteiger partial charge in [0.15, 0.2) is 0 Å². The summed E-state index contributed by atoms with van der Waals surface area (Å²) in [6, 6.07) is 17.1. The third kappa shape index (κ3) is 4.54. The van der Waals surface area contributed by atoms with Gasteiger partial charge in [0.25, 0.3) is 0 Å². The molecule has 0 aliphatic heterocycles. The number of para-hydroxylation sites is 2. The summed E-state index contributed by atoms with van der Waals surface area (Å²) in [5, 5.41) is 1.38. The zero-order valence-corrected chi connectivity index (χ0v) is 22.5. The molecular weight excluding hydrogens is 432 g/mol. The van der Waals surface area contributed by atoms with E-state index in [1.807, 2.05) is 12.1 Å². The van der Waals surface area contributed by atoms with Gasteiger partial charge < -0.3 is 14.4 Å². The van der Waals surface area contributed by atoms with Gasteiger partial charge in [-0.05, 0) is 67.5 Å². The van der Waals surface area contributed by atoms with E-state index in [4.69, 9.17) is 9.47 Å². The van der Waals surface area contributed by atoms with E-state index < -0.39 is 0 Å². The molecule has 5 heteroatoms. The molecule has 0 spiro atoms. The summed E-state index contributed by atoms with van der Waals surface area (Å²) in [5.41, 5.74) is 6.80. The van der Waals surface area contributed by atoms with Crippen LogP contribution in [0.4, 0.5) is 0 Å². The Balaban J connectivity index is 2.45. The van der Waals surface area contributed by atoms with Crippen molar-refractivity contribution in [2.75, 3.05) is 40.6 Å². The number of likely N-dealkylation sites (N-methyl/N-ethyl adjacent to an activating group) is 1. The minimum atomic E-state index is -0.200. The van der Waals surface area contributed by atoms with E-state index in [9.17, 15) is 0 Å². The first-order valence-corrected chi connectivity index (χ1v) is 13.7. The van der Waals surface area contributed by atoms with Crippen LogP contribution < -0.4 is 9.47 Å². The molecule has 0 heterocycles. The van der Waals surface area contributed by atoms with E-state index in [1.54, 1.807) is 14.2 Å². The second kappa shape index (κ2) is 11.0. The Labute approximate surface area is 197 Å². The third-order valence-electron chi connectivity index (χ3n) is 6.57. The molecule has 3 nitrogen and oxygen atoms in total. The zero-order chi connectivity index (χ0) is 23.4. The maximum Gasteiger partial charge on any atom is 0.126 e. The van der Waals surface area contributed by atoms with Crippen LogP contribution in [0.2, 0.25) is 0 Å². The normalized spacial score (nSPS) is 17.5. The summed E-state index contributed by atoms with van der Waals surface area (Å²) >= 11 is 0. The molecule has 32 heavy (non-hydrogen) atoms. The van der Waals surface area contributed by atoms with Crippen LogP contribution in [0.3, 0.4) is 0 Å². The summed E-state index contributed by atoms with van der Waals surface area (Å²) in [7, 11) is 10.8. The standard InChI is InChI=1S/C27H37NO2P2/c1-8-32(9-2)27-23(18(3)28(4)5)24(19-14-10-12-16-21(19)29-6)25(26(27)31)20-15-11-13-17-22(20)30-7/h10-18,27H,8-9,31H2,1-7H3. The predicted octanol–water partition coefficient (Wildman–Crippen LogP) is 6.60. The highest BCUT2D eigenvalue weighted by atomic mass is 31.1. The first-order valence-electron chi connectivity index (χ1n) is 11.3. The smallest absolute Gasteiger partial charge is 0.126 e. The van der Waals surface area contributed by atoms with Crippen molar-refractivity contribution in [2.45, 2.75) is 32.5 Å². The van der Waals surface area contributed by atoms with Crippen molar-refractivity contribution in [3.63, 3.8) is 0 Å². The molecule has 0 fully saturated rings. The maximum atomic E-state index is 5.87. The van der Waals surface area contributed by atoms with Gasteiger partial charge in [0, 0.05) is 22.8 Å². The number of hydrogen-bond donors (Lipinski definition) is 0. The number of hydrogen-bond acceptors (Lipinski definition) is 3. The largest absolute Gasteiger partial charge is 0.496 e. The van der Waals surface area contributed by atoms with Crippen molar-refractivity contribution in [3.05, 3.63) is 70.5 Å². The van der Waals surface area contributed by atoms with Gasteiger partial charge in [0.05, 0.1) is 14.2 Å². The lowest BCUT2D eigenvalue weighted by atomic mass is 9.89. The summed E-state index contributed by atoms with van der Waals surface area (Å²) in [5.74, 6) is 1.82. The lowest BCUT2D eigenvalue weighted by Gasteiger charge is -2.33. The fourth-order valence-electron chi connectivity index (χ4n) is 4.71. The van der Waals surface area contributed by atoms with Crippen LogP contribution in [0.5, 0.6) is 11.5 Å². The van der Waals surface area contributed by atoms with Crippen molar-refractivity contribution >= 4 is 28.3 Å². The first-order chi connectivity index (χ1) is 15.4. The predicted molar refractivity (Wildman–Crippen MR) is 144 cm³/mol. The number of methoxy groups -OCH3 is 2. The molecule has 0 saturated heterocycles. The summed E-state index contributed by atoms with van der Waals surface area (Å²) in [6.45, 7) is 7.02. The summed E-state index contributed by atoms with van der Waals surface area (Å²) in [6.07, 6.45) is 2.41. The molecular formula is C27H37NO2P2. The molecule has 3 rings (SSSR count). The Hall–Kier alpha value is -1.66. The van der Waals surface area contributed by atoms with Crippen LogP contribution in [0.25, 0.3) is 11.1 Å². The van der Waals surface area contributed by atoms with E-state index in [-0.39, 0.29) is 7.92 Å². The molecule has 2 aromatic carbocycles. The highest BCUT2D eigenvalue weighted by Crippen LogP contribution is 2.61. The van der Waals surface area contributed by atoms with Crippen LogP contribution in [0.1, 0.15) is 31.9 Å². The minimum Gasteiger partial charge on any atom is -0.496 e. The molecule has 0 saturated carbocycles. The Bertz CT molecular complexity index is 1010. The molecule has 1 aliphatic carbocycles. The quantitative estimate of drug-likeness (QED) is 0.386. The minimum absolute atomic E-state index is 0.200. The molecule has 3 unspecified atom stereocenters. The maximum absolute atomic E-state index is 5.87. The van der Waals surface area contributed by atoms with Crippen molar-refractivity contribution in [2.24, 2.45) is 0 Å². The number of allylic oxidation sites excluding steroid dienone is 3. The van der Waals surface area contributed by atoms with Crippen LogP contribution >= 0.6 is 17.2 Å². The molecule has 0 N–H and O–H groups in total. The molecule has 1 aliphatic rings. The second-order valence-corrected chi connectivity index (χ2v) is 11.9. The number of rotatable bonds is 9. The highest BCUT2D eigenvalue weighted by Gasteiger charge is 2.40. The second-order valence-electron chi connectivity index (χ2n) is 8.32. The van der Waals surface area contributed by atoms with Crippen molar-refractivity contribution < 1.29 is 9.47 Å². The van der Waals surface area contributed by atoms with Crippen LogP contribution in [0, 0.1) is 0 Å². The van der Waals surface area contributed by atoms with Gasteiger partial charge in [0.2, 0.25) is 0 Å². The molecule has 3 atom stereocenters. The average molecular weight is 470 g/mol. The van der Waals surface area contributed by atoms with E-state index in [2.05, 4.69) is 85.4 Å². The highest BCUT2D eigenvalue weighted by molar-refractivity contribution is 7.59. The molecule has 0 amide bonds. The SMILES string of the molecule is CCP(CC)C1C(P)=C(c2ccccc2OC)C(c2ccccc2OC)=C1C(C)N(C)C. The summed E-state index contributed by atoms with van der Waals surface area (Å²) in [4.78, 5) is 2.33. The molecule has 172 valence electrons. The van der Waals surface area contributed by atoms with E-state index in [0.717, 1.165) is 22.6 Å². The van der Waals surface area contributed by atoms with E-state index in [1.165, 1.54) is 34.4 Å². The molecule has 0 bridgehead atoms. The number of benzene rings is 2. The van der Waals surface area contributed by atoms with Gasteiger partial charge in [-0.15, -0.1) is 9.24 Å². The lowest BCUT2D eigenvalue weighted by molar-refractivity contribution is 0.349.